The Balaban J connectivity index is 3.10. The average molecular weight is 333 g/mol. The Morgan fingerprint density at radius 3 is 2.43 bits per heavy atom. The molecule has 0 aliphatic heterocycles. The maximum absolute atomic E-state index is 12.8. The molecule has 6 heteroatoms. The van der Waals surface area contributed by atoms with Gasteiger partial charge in [0.15, 0.2) is 0 Å². The van der Waals surface area contributed by atoms with E-state index in [4.69, 9.17) is 0 Å². The smallest absolute Gasteiger partial charge is 0.244 e. The zero-order valence-electron chi connectivity index (χ0n) is 14.1. The third kappa shape index (κ3) is 4.28. The topological polar surface area (TPSA) is 49.4 Å². The van der Waals surface area contributed by atoms with Crippen LogP contribution in [0.15, 0.2) is 11.0 Å². The van der Waals surface area contributed by atoms with Crippen LogP contribution in [-0.4, -0.2) is 32.4 Å². The van der Waals surface area contributed by atoms with E-state index < -0.39 is 10.0 Å². The van der Waals surface area contributed by atoms with E-state index in [1.165, 1.54) is 4.31 Å². The minimum absolute atomic E-state index is 0.0704. The van der Waals surface area contributed by atoms with E-state index in [2.05, 4.69) is 26.1 Å². The molecule has 0 aromatic carbocycles. The van der Waals surface area contributed by atoms with Gasteiger partial charge in [-0.25, -0.2) is 8.42 Å². The largest absolute Gasteiger partial charge is 0.312 e. The van der Waals surface area contributed by atoms with E-state index in [-0.39, 0.29) is 11.5 Å². The highest BCUT2D eigenvalue weighted by atomic mass is 32.2. The molecule has 1 N–H and O–H groups in total. The van der Waals surface area contributed by atoms with Crippen molar-refractivity contribution in [1.29, 1.82) is 0 Å². The van der Waals surface area contributed by atoms with Crippen LogP contribution in [0.4, 0.5) is 0 Å². The van der Waals surface area contributed by atoms with Crippen molar-refractivity contribution in [3.05, 3.63) is 15.8 Å². The van der Waals surface area contributed by atoms with Crippen molar-refractivity contribution in [2.24, 2.45) is 5.41 Å². The molecule has 1 aromatic rings. The number of rotatable bonds is 6. The Bertz CT molecular complexity index is 571. The van der Waals surface area contributed by atoms with Gasteiger partial charge in [-0.1, -0.05) is 27.7 Å². The average Bonchev–Trinajstić information content (AvgIpc) is 2.75. The molecular weight excluding hydrogens is 304 g/mol. The normalized spacial score (nSPS) is 14.7. The molecular formula is C15H28N2O2S2. The van der Waals surface area contributed by atoms with Crippen molar-refractivity contribution in [2.45, 2.75) is 59.0 Å². The van der Waals surface area contributed by atoms with E-state index in [0.717, 1.165) is 22.8 Å². The lowest BCUT2D eigenvalue weighted by atomic mass is 9.88. The minimum Gasteiger partial charge on any atom is -0.312 e. The Morgan fingerprint density at radius 1 is 1.38 bits per heavy atom. The number of hydrogen-bond donors (Lipinski definition) is 1. The van der Waals surface area contributed by atoms with Gasteiger partial charge in [0.1, 0.15) is 0 Å². The Labute approximate surface area is 133 Å². The van der Waals surface area contributed by atoms with Crippen molar-refractivity contribution in [2.75, 3.05) is 13.6 Å². The van der Waals surface area contributed by atoms with Crippen LogP contribution in [0.3, 0.4) is 0 Å². The monoisotopic (exact) mass is 332 g/mol. The number of thiophene rings is 1. The third-order valence-electron chi connectivity index (χ3n) is 3.93. The van der Waals surface area contributed by atoms with Crippen molar-refractivity contribution in [1.82, 2.24) is 9.62 Å². The maximum Gasteiger partial charge on any atom is 0.244 e. The Kier molecular flexibility index (Phi) is 6.00. The Hall–Kier alpha value is -0.430. The summed E-state index contributed by atoms with van der Waals surface area (Å²) in [7, 11) is -1.77. The van der Waals surface area contributed by atoms with Crippen molar-refractivity contribution >= 4 is 21.4 Å². The van der Waals surface area contributed by atoms with Crippen LogP contribution in [0, 0.1) is 12.3 Å². The molecule has 1 unspecified atom stereocenters. The van der Waals surface area contributed by atoms with Crippen molar-refractivity contribution < 1.29 is 8.42 Å². The fraction of sp³-hybridized carbons (Fsp3) is 0.733. The fourth-order valence-corrected chi connectivity index (χ4v) is 5.14. The molecule has 1 heterocycles. The third-order valence-corrected chi connectivity index (χ3v) is 7.16. The minimum atomic E-state index is -3.44. The quantitative estimate of drug-likeness (QED) is 0.870. The maximum atomic E-state index is 12.8. The van der Waals surface area contributed by atoms with Gasteiger partial charge in [-0.3, -0.25) is 0 Å². The molecule has 1 atom stereocenters. The molecule has 122 valence electrons. The molecule has 1 aromatic heterocycles. The molecule has 0 spiro atoms. The van der Waals surface area contributed by atoms with Gasteiger partial charge in [0.05, 0.1) is 4.90 Å². The lowest BCUT2D eigenvalue weighted by Crippen LogP contribution is -2.42. The van der Waals surface area contributed by atoms with Crippen LogP contribution in [0.25, 0.3) is 0 Å². The van der Waals surface area contributed by atoms with Gasteiger partial charge in [-0.2, -0.15) is 4.31 Å². The molecule has 0 radical (unpaired) electrons. The first-order valence-corrected chi connectivity index (χ1v) is 9.55. The first-order valence-electron chi connectivity index (χ1n) is 7.29. The summed E-state index contributed by atoms with van der Waals surface area (Å²) in [5, 5.41) is 3.23. The highest BCUT2D eigenvalue weighted by Crippen LogP contribution is 2.32. The standard InChI is InChI=1S/C15H28N2O2S2/c1-8-16-10-13-9-14(11(2)20-13)21(18,19)17(7)12(3)15(4,5)6/h9,12,16H,8,10H2,1-7H3. The molecule has 0 aliphatic rings. The van der Waals surface area contributed by atoms with Crippen molar-refractivity contribution in [3.63, 3.8) is 0 Å². The van der Waals surface area contributed by atoms with Crippen LogP contribution in [-0.2, 0) is 16.6 Å². The summed E-state index contributed by atoms with van der Waals surface area (Å²) in [6, 6.07) is 1.74. The van der Waals surface area contributed by atoms with Gasteiger partial charge >= 0.3 is 0 Å². The first-order chi connectivity index (χ1) is 9.51. The summed E-state index contributed by atoms with van der Waals surface area (Å²) in [6.45, 7) is 13.6. The summed E-state index contributed by atoms with van der Waals surface area (Å²) in [5.74, 6) is 0. The van der Waals surface area contributed by atoms with E-state index in [9.17, 15) is 8.42 Å². The summed E-state index contributed by atoms with van der Waals surface area (Å²) < 4.78 is 27.2. The van der Waals surface area contributed by atoms with Gasteiger partial charge in [-0.05, 0) is 31.9 Å². The molecule has 0 aliphatic carbocycles. The van der Waals surface area contributed by atoms with E-state index in [1.54, 1.807) is 18.4 Å². The zero-order chi connectivity index (χ0) is 16.4. The van der Waals surface area contributed by atoms with E-state index >= 15 is 0 Å². The second kappa shape index (κ2) is 6.77. The summed E-state index contributed by atoms with van der Waals surface area (Å²) in [5.41, 5.74) is -0.0989. The molecule has 0 fully saturated rings. The van der Waals surface area contributed by atoms with Gasteiger partial charge < -0.3 is 5.32 Å². The summed E-state index contributed by atoms with van der Waals surface area (Å²) in [6.07, 6.45) is 0. The lowest BCUT2D eigenvalue weighted by Gasteiger charge is -2.34. The molecule has 1 rings (SSSR count). The van der Waals surface area contributed by atoms with Gasteiger partial charge in [-0.15, -0.1) is 11.3 Å². The van der Waals surface area contributed by atoms with Gasteiger partial charge in [0, 0.05) is 29.4 Å². The Morgan fingerprint density at radius 2 is 1.95 bits per heavy atom. The van der Waals surface area contributed by atoms with Crippen LogP contribution < -0.4 is 5.32 Å². The highest BCUT2D eigenvalue weighted by Gasteiger charge is 2.33. The van der Waals surface area contributed by atoms with E-state index in [0.29, 0.717) is 4.90 Å². The second-order valence-corrected chi connectivity index (χ2v) is 9.78. The number of sulfonamides is 1. The lowest BCUT2D eigenvalue weighted by molar-refractivity contribution is 0.216. The molecule has 0 bridgehead atoms. The molecule has 4 nitrogen and oxygen atoms in total. The van der Waals surface area contributed by atoms with Gasteiger partial charge in [0.25, 0.3) is 0 Å². The zero-order valence-corrected chi connectivity index (χ0v) is 15.8. The molecule has 21 heavy (non-hydrogen) atoms. The second-order valence-electron chi connectivity index (χ2n) is 6.48. The summed E-state index contributed by atoms with van der Waals surface area (Å²) in [4.78, 5) is 2.36. The number of nitrogens with one attached hydrogen (secondary N) is 1. The number of nitrogens with zero attached hydrogens (tertiary/aromatic N) is 1. The SMILES string of the molecule is CCNCc1cc(S(=O)(=O)N(C)C(C)C(C)(C)C)c(C)s1. The van der Waals surface area contributed by atoms with Gasteiger partial charge in [0.2, 0.25) is 10.0 Å². The van der Waals surface area contributed by atoms with Crippen LogP contribution in [0.2, 0.25) is 0 Å². The predicted octanol–water partition coefficient (Wildman–Crippen LogP) is 3.22. The van der Waals surface area contributed by atoms with E-state index in [1.807, 2.05) is 26.8 Å². The number of hydrogen-bond acceptors (Lipinski definition) is 4. The summed E-state index contributed by atoms with van der Waals surface area (Å²) >= 11 is 1.55. The van der Waals surface area contributed by atoms with Crippen LogP contribution >= 0.6 is 11.3 Å². The fourth-order valence-electron chi connectivity index (χ4n) is 2.02. The van der Waals surface area contributed by atoms with Crippen LogP contribution in [0.5, 0.6) is 0 Å². The first kappa shape index (κ1) is 18.6. The molecule has 0 amide bonds. The number of aryl methyl sites for hydroxylation is 1. The highest BCUT2D eigenvalue weighted by molar-refractivity contribution is 7.89. The molecule has 0 saturated carbocycles. The predicted molar refractivity (Wildman–Crippen MR) is 90.3 cm³/mol. The molecule has 0 saturated heterocycles. The van der Waals surface area contributed by atoms with Crippen molar-refractivity contribution in [3.8, 4) is 0 Å². The van der Waals surface area contributed by atoms with Crippen LogP contribution in [0.1, 0.15) is 44.4 Å².